The Morgan fingerprint density at radius 2 is 1.62 bits per heavy atom. The van der Waals surface area contributed by atoms with E-state index in [0.717, 1.165) is 6.42 Å². The molecule has 0 saturated heterocycles. The van der Waals surface area contributed by atoms with E-state index in [0.29, 0.717) is 11.3 Å². The van der Waals surface area contributed by atoms with Gasteiger partial charge >= 0.3 is 0 Å². The lowest BCUT2D eigenvalue weighted by Gasteiger charge is -2.25. The topological polar surface area (TPSA) is 0 Å². The summed E-state index contributed by atoms with van der Waals surface area (Å²) >= 11 is 6.76. The Morgan fingerprint density at radius 3 is 2.24 bits per heavy atom. The van der Waals surface area contributed by atoms with Crippen LogP contribution in [-0.2, 0) is 0 Å². The number of alkyl halides is 1. The van der Waals surface area contributed by atoms with Gasteiger partial charge in [-0.25, -0.2) is 0 Å². The highest BCUT2D eigenvalue weighted by Gasteiger charge is 2.20. The minimum atomic E-state index is 0.0906. The van der Waals surface area contributed by atoms with Crippen LogP contribution in [0.2, 0.25) is 0 Å². The summed E-state index contributed by atoms with van der Waals surface area (Å²) < 4.78 is 0. The first-order valence-electron chi connectivity index (χ1n) is 7.90. The fourth-order valence-electron chi connectivity index (χ4n) is 3.36. The fourth-order valence-corrected chi connectivity index (χ4v) is 3.85. The van der Waals surface area contributed by atoms with Gasteiger partial charge in [0.05, 0.1) is 5.38 Å². The summed E-state index contributed by atoms with van der Waals surface area (Å²) in [5, 5.41) is 2.72. The van der Waals surface area contributed by atoms with Crippen molar-refractivity contribution in [3.05, 3.63) is 47.5 Å². The average molecular weight is 303 g/mol. The number of hydrogen-bond donors (Lipinski definition) is 0. The van der Waals surface area contributed by atoms with E-state index in [1.165, 1.54) is 28.3 Å². The molecule has 0 aliphatic carbocycles. The van der Waals surface area contributed by atoms with Gasteiger partial charge in [0.2, 0.25) is 0 Å². The number of fused-ring (bicyclic) bond motifs is 1. The summed E-state index contributed by atoms with van der Waals surface area (Å²) in [7, 11) is 0. The van der Waals surface area contributed by atoms with Crippen LogP contribution in [0.4, 0.5) is 0 Å². The maximum absolute atomic E-state index is 6.76. The van der Waals surface area contributed by atoms with Gasteiger partial charge in [0, 0.05) is 0 Å². The molecule has 0 radical (unpaired) electrons. The molecule has 0 aliphatic rings. The third-order valence-corrected chi connectivity index (χ3v) is 4.50. The highest BCUT2D eigenvalue weighted by atomic mass is 35.5. The Morgan fingerprint density at radius 1 is 1.00 bits per heavy atom. The number of aryl methyl sites for hydroxylation is 1. The second-order valence-corrected chi connectivity index (χ2v) is 8.12. The van der Waals surface area contributed by atoms with Crippen LogP contribution in [0.1, 0.15) is 57.0 Å². The minimum absolute atomic E-state index is 0.0906. The van der Waals surface area contributed by atoms with E-state index >= 15 is 0 Å². The standard InChI is InChI=1S/C20H27Cl/c1-14(13-20(3,4)5)12-19(21)18-11-10-15(2)16-8-6-7-9-17(16)18/h6-11,14,19H,12-13H2,1-5H3. The van der Waals surface area contributed by atoms with Crippen molar-refractivity contribution in [2.45, 2.75) is 52.8 Å². The predicted molar refractivity (Wildman–Crippen MR) is 95.1 cm³/mol. The zero-order valence-electron chi connectivity index (χ0n) is 13.9. The minimum Gasteiger partial charge on any atom is -0.118 e. The molecule has 0 aromatic heterocycles. The monoisotopic (exact) mass is 302 g/mol. The summed E-state index contributed by atoms with van der Waals surface area (Å²) in [4.78, 5) is 0. The molecule has 0 bridgehead atoms. The molecular formula is C20H27Cl. The molecule has 114 valence electrons. The molecule has 0 spiro atoms. The van der Waals surface area contributed by atoms with Crippen molar-refractivity contribution in [1.82, 2.24) is 0 Å². The van der Waals surface area contributed by atoms with Gasteiger partial charge in [-0.2, -0.15) is 0 Å². The van der Waals surface area contributed by atoms with Gasteiger partial charge in [0.1, 0.15) is 0 Å². The van der Waals surface area contributed by atoms with Gasteiger partial charge < -0.3 is 0 Å². The van der Waals surface area contributed by atoms with Crippen LogP contribution >= 0.6 is 11.6 Å². The Labute approximate surface area is 134 Å². The molecule has 0 N–H and O–H groups in total. The van der Waals surface area contributed by atoms with Gasteiger partial charge in [-0.1, -0.05) is 64.1 Å². The normalized spacial score (nSPS) is 15.1. The zero-order valence-corrected chi connectivity index (χ0v) is 14.7. The molecule has 21 heavy (non-hydrogen) atoms. The number of hydrogen-bond acceptors (Lipinski definition) is 0. The molecule has 1 heteroatoms. The molecule has 2 unspecified atom stereocenters. The van der Waals surface area contributed by atoms with Crippen LogP contribution < -0.4 is 0 Å². The molecule has 0 aliphatic heterocycles. The lowest BCUT2D eigenvalue weighted by Crippen LogP contribution is -2.12. The molecule has 0 fully saturated rings. The van der Waals surface area contributed by atoms with E-state index in [9.17, 15) is 0 Å². The molecule has 2 atom stereocenters. The predicted octanol–water partition coefficient (Wildman–Crippen LogP) is 6.89. The van der Waals surface area contributed by atoms with Crippen molar-refractivity contribution in [2.75, 3.05) is 0 Å². The Kier molecular flexibility index (Phi) is 4.99. The molecule has 2 aromatic carbocycles. The van der Waals surface area contributed by atoms with Gasteiger partial charge in [-0.05, 0) is 53.0 Å². The van der Waals surface area contributed by atoms with Gasteiger partial charge in [-0.15, -0.1) is 11.6 Å². The van der Waals surface area contributed by atoms with Crippen molar-refractivity contribution in [1.29, 1.82) is 0 Å². The lowest BCUT2D eigenvalue weighted by molar-refractivity contribution is 0.295. The highest BCUT2D eigenvalue weighted by molar-refractivity contribution is 6.21. The largest absolute Gasteiger partial charge is 0.118 e. The smallest absolute Gasteiger partial charge is 0.0593 e. The average Bonchev–Trinajstić information content (AvgIpc) is 2.37. The van der Waals surface area contributed by atoms with Crippen LogP contribution in [0, 0.1) is 18.3 Å². The number of benzene rings is 2. The quantitative estimate of drug-likeness (QED) is 0.539. The van der Waals surface area contributed by atoms with Crippen molar-refractivity contribution in [3.63, 3.8) is 0 Å². The van der Waals surface area contributed by atoms with Crippen molar-refractivity contribution in [3.8, 4) is 0 Å². The molecule has 0 nitrogen and oxygen atoms in total. The third kappa shape index (κ3) is 4.23. The first-order chi connectivity index (χ1) is 9.78. The summed E-state index contributed by atoms with van der Waals surface area (Å²) in [6.45, 7) is 11.4. The first-order valence-corrected chi connectivity index (χ1v) is 8.34. The van der Waals surface area contributed by atoms with E-state index < -0.39 is 0 Å². The molecule has 0 heterocycles. The van der Waals surface area contributed by atoms with Crippen molar-refractivity contribution < 1.29 is 0 Å². The molecule has 2 aromatic rings. The SMILES string of the molecule is Cc1ccc(C(Cl)CC(C)CC(C)(C)C)c2ccccc12. The van der Waals surface area contributed by atoms with Crippen molar-refractivity contribution >= 4 is 22.4 Å². The van der Waals surface area contributed by atoms with Crippen LogP contribution in [0.25, 0.3) is 10.8 Å². The van der Waals surface area contributed by atoms with Gasteiger partial charge in [0.15, 0.2) is 0 Å². The summed E-state index contributed by atoms with van der Waals surface area (Å²) in [5.41, 5.74) is 2.96. The number of rotatable bonds is 4. The number of halogens is 1. The summed E-state index contributed by atoms with van der Waals surface area (Å²) in [5.74, 6) is 0.632. The Hall–Kier alpha value is -1.01. The first kappa shape index (κ1) is 16.4. The maximum Gasteiger partial charge on any atom is 0.0593 e. The van der Waals surface area contributed by atoms with Crippen LogP contribution in [-0.4, -0.2) is 0 Å². The molecule has 0 amide bonds. The third-order valence-electron chi connectivity index (χ3n) is 4.08. The van der Waals surface area contributed by atoms with Gasteiger partial charge in [0.25, 0.3) is 0 Å². The maximum atomic E-state index is 6.76. The van der Waals surface area contributed by atoms with Gasteiger partial charge in [-0.3, -0.25) is 0 Å². The molecule has 2 rings (SSSR count). The van der Waals surface area contributed by atoms with E-state index in [2.05, 4.69) is 71.0 Å². The second-order valence-electron chi connectivity index (χ2n) is 7.59. The second kappa shape index (κ2) is 6.40. The lowest BCUT2D eigenvalue weighted by atomic mass is 9.82. The molecule has 0 saturated carbocycles. The summed E-state index contributed by atoms with van der Waals surface area (Å²) in [6, 6.07) is 13.0. The van der Waals surface area contributed by atoms with Crippen LogP contribution in [0.5, 0.6) is 0 Å². The van der Waals surface area contributed by atoms with E-state index in [1.807, 2.05) is 0 Å². The Bertz CT molecular complexity index is 607. The molecular weight excluding hydrogens is 276 g/mol. The zero-order chi connectivity index (χ0) is 15.6. The van der Waals surface area contributed by atoms with Crippen LogP contribution in [0.15, 0.2) is 36.4 Å². The van der Waals surface area contributed by atoms with Crippen LogP contribution in [0.3, 0.4) is 0 Å². The van der Waals surface area contributed by atoms with E-state index in [-0.39, 0.29) is 5.38 Å². The summed E-state index contributed by atoms with van der Waals surface area (Å²) in [6.07, 6.45) is 2.24. The fraction of sp³-hybridized carbons (Fsp3) is 0.500. The van der Waals surface area contributed by atoms with Crippen molar-refractivity contribution in [2.24, 2.45) is 11.3 Å². The van der Waals surface area contributed by atoms with E-state index in [1.54, 1.807) is 0 Å². The highest BCUT2D eigenvalue weighted by Crippen LogP contribution is 2.37. The van der Waals surface area contributed by atoms with E-state index in [4.69, 9.17) is 11.6 Å². The Balaban J connectivity index is 2.24.